The van der Waals surface area contributed by atoms with Crippen molar-refractivity contribution in [3.8, 4) is 0 Å². The molecule has 0 N–H and O–H groups in total. The molecule has 0 fully saturated rings. The van der Waals surface area contributed by atoms with Crippen molar-refractivity contribution < 1.29 is 0 Å². The summed E-state index contributed by atoms with van der Waals surface area (Å²) in [5.41, 5.74) is 0. The lowest BCUT2D eigenvalue weighted by atomic mass is 9.93. The van der Waals surface area contributed by atoms with Gasteiger partial charge in [0.2, 0.25) is 0 Å². The highest BCUT2D eigenvalue weighted by Gasteiger charge is 2.04. The second-order valence-corrected chi connectivity index (χ2v) is 3.15. The predicted molar refractivity (Wildman–Crippen MR) is 48.1 cm³/mol. The second-order valence-electron chi connectivity index (χ2n) is 3.15. The molecule has 60 valence electrons. The van der Waals surface area contributed by atoms with E-state index in [0.29, 0.717) is 0 Å². The molecule has 0 aromatic rings. The Morgan fingerprint density at radius 3 is 2.10 bits per heavy atom. The molecule has 0 aliphatic heterocycles. The van der Waals surface area contributed by atoms with Gasteiger partial charge in [-0.3, -0.25) is 0 Å². The van der Waals surface area contributed by atoms with Crippen LogP contribution in [0.5, 0.6) is 0 Å². The molecule has 0 nitrogen and oxygen atoms in total. The molecule has 1 atom stereocenters. The lowest BCUT2D eigenvalue weighted by molar-refractivity contribution is 0.452. The molecule has 10 heavy (non-hydrogen) atoms. The van der Waals surface area contributed by atoms with Crippen LogP contribution >= 0.6 is 0 Å². The summed E-state index contributed by atoms with van der Waals surface area (Å²) in [6, 6.07) is 0. The first kappa shape index (κ1) is 9.74. The molecule has 0 heteroatoms. The third-order valence-corrected chi connectivity index (χ3v) is 1.95. The maximum atomic E-state index is 2.35. The smallest absolute Gasteiger partial charge is 0.0213 e. The normalized spacial score (nSPS) is 14.9. The van der Waals surface area contributed by atoms with Gasteiger partial charge < -0.3 is 0 Å². The molecule has 0 spiro atoms. The summed E-state index contributed by atoms with van der Waals surface area (Å²) in [7, 11) is 0. The van der Waals surface area contributed by atoms with Crippen LogP contribution in [0.2, 0.25) is 0 Å². The summed E-state index contributed by atoms with van der Waals surface area (Å²) in [6.07, 6.45) is 7.07. The van der Waals surface area contributed by atoms with Gasteiger partial charge in [-0.1, -0.05) is 39.8 Å². The summed E-state index contributed by atoms with van der Waals surface area (Å²) in [5.74, 6) is 1.59. The van der Waals surface area contributed by atoms with Crippen LogP contribution in [0.1, 0.15) is 40.5 Å². The average Bonchev–Trinajstić information content (AvgIpc) is 1.89. The Hall–Kier alpha value is -0.260. The molecule has 0 aromatic heterocycles. The molecular formula is C10H20. The van der Waals surface area contributed by atoms with Gasteiger partial charge in [0.1, 0.15) is 0 Å². The van der Waals surface area contributed by atoms with E-state index in [0.717, 1.165) is 11.8 Å². The highest BCUT2D eigenvalue weighted by atomic mass is 14.1. The third-order valence-electron chi connectivity index (χ3n) is 1.95. The van der Waals surface area contributed by atoms with Crippen LogP contribution in [0.25, 0.3) is 0 Å². The Morgan fingerprint density at radius 1 is 1.20 bits per heavy atom. The molecule has 0 radical (unpaired) electrons. The van der Waals surface area contributed by atoms with Gasteiger partial charge >= 0.3 is 0 Å². The summed E-state index contributed by atoms with van der Waals surface area (Å²) in [6.45, 7) is 9.01. The SMILES string of the molecule is CCC=CC(CC)C(C)C. The summed E-state index contributed by atoms with van der Waals surface area (Å²) < 4.78 is 0. The minimum absolute atomic E-state index is 0.792. The van der Waals surface area contributed by atoms with E-state index < -0.39 is 0 Å². The van der Waals surface area contributed by atoms with Crippen molar-refractivity contribution in [2.75, 3.05) is 0 Å². The molecule has 0 saturated carbocycles. The van der Waals surface area contributed by atoms with E-state index in [1.807, 2.05) is 0 Å². The lowest BCUT2D eigenvalue weighted by Crippen LogP contribution is -2.02. The van der Waals surface area contributed by atoms with E-state index in [1.165, 1.54) is 12.8 Å². The van der Waals surface area contributed by atoms with Crippen molar-refractivity contribution in [1.82, 2.24) is 0 Å². The number of allylic oxidation sites excluding steroid dienone is 2. The Bertz CT molecular complexity index is 90.2. The topological polar surface area (TPSA) is 0 Å². The summed E-state index contributed by atoms with van der Waals surface area (Å²) in [5, 5.41) is 0. The molecule has 1 unspecified atom stereocenters. The third kappa shape index (κ3) is 3.71. The van der Waals surface area contributed by atoms with Gasteiger partial charge in [0.25, 0.3) is 0 Å². The molecule has 0 aromatic carbocycles. The van der Waals surface area contributed by atoms with Gasteiger partial charge in [0.05, 0.1) is 0 Å². The molecule has 0 heterocycles. The maximum absolute atomic E-state index is 2.35. The van der Waals surface area contributed by atoms with E-state index in [2.05, 4.69) is 39.8 Å². The van der Waals surface area contributed by atoms with Crippen LogP contribution in [-0.4, -0.2) is 0 Å². The quantitative estimate of drug-likeness (QED) is 0.523. The van der Waals surface area contributed by atoms with Gasteiger partial charge in [0, 0.05) is 0 Å². The lowest BCUT2D eigenvalue weighted by Gasteiger charge is -2.13. The van der Waals surface area contributed by atoms with Crippen molar-refractivity contribution >= 4 is 0 Å². The van der Waals surface area contributed by atoms with Crippen LogP contribution in [0.3, 0.4) is 0 Å². The highest BCUT2D eigenvalue weighted by Crippen LogP contribution is 2.15. The highest BCUT2D eigenvalue weighted by molar-refractivity contribution is 4.88. The number of hydrogen-bond acceptors (Lipinski definition) is 0. The predicted octanol–water partition coefficient (Wildman–Crippen LogP) is 3.63. The summed E-state index contributed by atoms with van der Waals surface area (Å²) >= 11 is 0. The van der Waals surface area contributed by atoms with E-state index in [1.54, 1.807) is 0 Å². The van der Waals surface area contributed by atoms with E-state index >= 15 is 0 Å². The molecule has 0 aliphatic rings. The Labute approximate surface area is 65.3 Å². The van der Waals surface area contributed by atoms with Gasteiger partial charge in [-0.2, -0.15) is 0 Å². The van der Waals surface area contributed by atoms with E-state index in [9.17, 15) is 0 Å². The minimum Gasteiger partial charge on any atom is -0.0885 e. The van der Waals surface area contributed by atoms with E-state index in [-0.39, 0.29) is 0 Å². The van der Waals surface area contributed by atoms with Crippen molar-refractivity contribution in [2.45, 2.75) is 40.5 Å². The van der Waals surface area contributed by atoms with Gasteiger partial charge in [-0.25, -0.2) is 0 Å². The zero-order chi connectivity index (χ0) is 7.98. The first-order valence-electron chi connectivity index (χ1n) is 4.39. The van der Waals surface area contributed by atoms with Crippen LogP contribution in [-0.2, 0) is 0 Å². The Morgan fingerprint density at radius 2 is 1.80 bits per heavy atom. The Kier molecular flexibility index (Phi) is 5.38. The number of hydrogen-bond donors (Lipinski definition) is 0. The van der Waals surface area contributed by atoms with Crippen molar-refractivity contribution in [2.24, 2.45) is 11.8 Å². The second kappa shape index (κ2) is 5.52. The van der Waals surface area contributed by atoms with E-state index in [4.69, 9.17) is 0 Å². The molecule has 0 bridgehead atoms. The van der Waals surface area contributed by atoms with Crippen LogP contribution in [0, 0.1) is 11.8 Å². The molecule has 0 saturated heterocycles. The summed E-state index contributed by atoms with van der Waals surface area (Å²) in [4.78, 5) is 0. The monoisotopic (exact) mass is 140 g/mol. The zero-order valence-corrected chi connectivity index (χ0v) is 7.72. The fourth-order valence-corrected chi connectivity index (χ4v) is 1.14. The van der Waals surface area contributed by atoms with Crippen molar-refractivity contribution in [3.63, 3.8) is 0 Å². The van der Waals surface area contributed by atoms with Gasteiger partial charge in [0.15, 0.2) is 0 Å². The Balaban J connectivity index is 3.71. The zero-order valence-electron chi connectivity index (χ0n) is 7.72. The fourth-order valence-electron chi connectivity index (χ4n) is 1.14. The average molecular weight is 140 g/mol. The molecule has 0 rings (SSSR count). The maximum Gasteiger partial charge on any atom is -0.0213 e. The first-order chi connectivity index (χ1) is 4.72. The first-order valence-corrected chi connectivity index (χ1v) is 4.39. The standard InChI is InChI=1S/C10H20/c1-5-7-8-10(6-2)9(3)4/h7-10H,5-6H2,1-4H3. The van der Waals surface area contributed by atoms with Crippen LogP contribution in [0.4, 0.5) is 0 Å². The minimum atomic E-state index is 0.792. The van der Waals surface area contributed by atoms with Crippen LogP contribution in [0.15, 0.2) is 12.2 Å². The molecular weight excluding hydrogens is 120 g/mol. The molecule has 0 aliphatic carbocycles. The van der Waals surface area contributed by atoms with Crippen LogP contribution < -0.4 is 0 Å². The number of rotatable bonds is 4. The van der Waals surface area contributed by atoms with Crippen molar-refractivity contribution in [1.29, 1.82) is 0 Å². The fraction of sp³-hybridized carbons (Fsp3) is 0.800. The van der Waals surface area contributed by atoms with Crippen molar-refractivity contribution in [3.05, 3.63) is 12.2 Å². The van der Waals surface area contributed by atoms with Gasteiger partial charge in [-0.15, -0.1) is 0 Å². The largest absolute Gasteiger partial charge is 0.0885 e. The van der Waals surface area contributed by atoms with Gasteiger partial charge in [-0.05, 0) is 24.7 Å². The molecule has 0 amide bonds.